The van der Waals surface area contributed by atoms with Gasteiger partial charge in [0.1, 0.15) is 12.1 Å². The van der Waals surface area contributed by atoms with Crippen LogP contribution in [0.3, 0.4) is 0 Å². The van der Waals surface area contributed by atoms with Gasteiger partial charge in [0.2, 0.25) is 11.8 Å². The predicted molar refractivity (Wildman–Crippen MR) is 167 cm³/mol. The van der Waals surface area contributed by atoms with E-state index in [1.54, 1.807) is 0 Å². The molecule has 0 heterocycles. The lowest BCUT2D eigenvalue weighted by molar-refractivity contribution is -0.150. The molecule has 0 fully saturated rings. The molecule has 0 bridgehead atoms. The Morgan fingerprint density at radius 3 is 1.55 bits per heavy atom. The summed E-state index contributed by atoms with van der Waals surface area (Å²) in [6.45, 7) is 3.40. The van der Waals surface area contributed by atoms with Gasteiger partial charge in [-0.3, -0.25) is 14.4 Å². The lowest BCUT2D eigenvalue weighted by atomic mass is 10.0. The molecule has 42 heavy (non-hydrogen) atoms. The zero-order valence-corrected chi connectivity index (χ0v) is 26.8. The van der Waals surface area contributed by atoms with Crippen molar-refractivity contribution in [3.63, 3.8) is 0 Å². The minimum atomic E-state index is -1.38. The van der Waals surface area contributed by atoms with E-state index in [1.165, 1.54) is 77.0 Å². The highest BCUT2D eigenvalue weighted by Crippen LogP contribution is 2.18. The molecule has 0 spiro atoms. The van der Waals surface area contributed by atoms with Crippen LogP contribution in [-0.2, 0) is 23.9 Å². The Labute approximate surface area is 255 Å². The number of ether oxygens (including phenoxy) is 1. The van der Waals surface area contributed by atoms with Gasteiger partial charge in [-0.15, -0.1) is 0 Å². The maximum Gasteiger partial charge on any atom is 0.328 e. The van der Waals surface area contributed by atoms with Gasteiger partial charge >= 0.3 is 11.9 Å². The van der Waals surface area contributed by atoms with E-state index in [9.17, 15) is 19.2 Å². The first kappa shape index (κ1) is 39.8. The lowest BCUT2D eigenvalue weighted by Crippen LogP contribution is -2.47. The van der Waals surface area contributed by atoms with Crippen LogP contribution < -0.4 is 10.6 Å². The van der Waals surface area contributed by atoms with Crippen molar-refractivity contribution in [1.29, 1.82) is 0 Å². The molecule has 0 radical (unpaired) electrons. The number of carbonyl (C=O) groups is 4. The molecular formula is C33H62N2O7. The average molecular weight is 599 g/mol. The molecule has 4 N–H and O–H groups in total. The summed E-state index contributed by atoms with van der Waals surface area (Å²) in [5.41, 5.74) is 0. The van der Waals surface area contributed by atoms with Crippen LogP contribution in [0, 0.1) is 0 Å². The number of hydrogen-bond acceptors (Lipinski definition) is 6. The first-order valence-corrected chi connectivity index (χ1v) is 16.9. The molecule has 2 amide bonds. The summed E-state index contributed by atoms with van der Waals surface area (Å²) in [6, 6.07) is -1.38. The number of rotatable bonds is 30. The average Bonchev–Trinajstić information content (AvgIpc) is 2.96. The summed E-state index contributed by atoms with van der Waals surface area (Å²) < 4.78 is 5.90. The van der Waals surface area contributed by atoms with Crippen LogP contribution in [0.4, 0.5) is 0 Å². The quantitative estimate of drug-likeness (QED) is 0.0540. The zero-order chi connectivity index (χ0) is 31.3. The third-order valence-electron chi connectivity index (χ3n) is 7.60. The van der Waals surface area contributed by atoms with Crippen molar-refractivity contribution in [3.8, 4) is 0 Å². The summed E-state index contributed by atoms with van der Waals surface area (Å²) in [6.07, 6.45) is 24.3. The number of carboxylic acid groups (broad SMARTS) is 1. The Morgan fingerprint density at radius 1 is 0.619 bits per heavy atom. The van der Waals surface area contributed by atoms with E-state index in [4.69, 9.17) is 14.9 Å². The molecule has 2 atom stereocenters. The first-order chi connectivity index (χ1) is 20.3. The van der Waals surface area contributed by atoms with Crippen molar-refractivity contribution in [3.05, 3.63) is 0 Å². The van der Waals surface area contributed by atoms with Gasteiger partial charge in [-0.1, -0.05) is 110 Å². The Kier molecular flexibility index (Phi) is 27.4. The normalized spacial score (nSPS) is 12.5. The predicted octanol–water partition coefficient (Wildman–Crippen LogP) is 6.59. The van der Waals surface area contributed by atoms with Crippen molar-refractivity contribution in [1.82, 2.24) is 10.6 Å². The van der Waals surface area contributed by atoms with Crippen molar-refractivity contribution in [2.24, 2.45) is 0 Å². The van der Waals surface area contributed by atoms with E-state index >= 15 is 0 Å². The molecule has 246 valence electrons. The monoisotopic (exact) mass is 598 g/mol. The molecule has 0 aliphatic heterocycles. The number of hydrogen-bond donors (Lipinski definition) is 4. The number of esters is 1. The standard InChI is InChI=1S/C33H62N2O7/c1-3-5-7-9-10-11-12-13-15-21-25-32(39)42-28(22-18-14-8-6-4-2)23-19-16-17-20-24-30(37)34-26-31(38)35-29(27-36)33(40)41/h28-29,36H,3-27H2,1-2H3,(H,34,37)(H,35,38)(H,40,41). The molecule has 9 heteroatoms. The van der Waals surface area contributed by atoms with E-state index in [2.05, 4.69) is 24.5 Å². The van der Waals surface area contributed by atoms with Crippen molar-refractivity contribution >= 4 is 23.8 Å². The number of carbonyl (C=O) groups excluding carboxylic acids is 3. The second-order valence-electron chi connectivity index (χ2n) is 11.6. The Hall–Kier alpha value is -2.16. The minimum absolute atomic E-state index is 0.0300. The zero-order valence-electron chi connectivity index (χ0n) is 26.8. The highest BCUT2D eigenvalue weighted by Gasteiger charge is 2.19. The number of aliphatic hydroxyl groups excluding tert-OH is 1. The van der Waals surface area contributed by atoms with E-state index in [-0.39, 0.29) is 30.9 Å². The molecule has 0 aliphatic rings. The van der Waals surface area contributed by atoms with Crippen molar-refractivity contribution in [2.75, 3.05) is 13.2 Å². The van der Waals surface area contributed by atoms with Crippen LogP contribution in [0.5, 0.6) is 0 Å². The smallest absolute Gasteiger partial charge is 0.328 e. The van der Waals surface area contributed by atoms with Gasteiger partial charge in [-0.25, -0.2) is 4.79 Å². The summed E-state index contributed by atoms with van der Waals surface area (Å²) in [7, 11) is 0. The summed E-state index contributed by atoms with van der Waals surface area (Å²) in [4.78, 5) is 47.1. The fourth-order valence-corrected chi connectivity index (χ4v) is 4.95. The number of amides is 2. The number of unbranched alkanes of at least 4 members (excludes halogenated alkanes) is 16. The molecule has 0 rings (SSSR count). The largest absolute Gasteiger partial charge is 0.480 e. The molecule has 9 nitrogen and oxygen atoms in total. The SMILES string of the molecule is CCCCCCCCCCCCC(=O)OC(CCCCCCC)CCCCCCC(=O)NCC(=O)NC(CO)C(=O)O. The van der Waals surface area contributed by atoms with Gasteiger partial charge < -0.3 is 25.6 Å². The lowest BCUT2D eigenvalue weighted by Gasteiger charge is -2.18. The molecular weight excluding hydrogens is 536 g/mol. The third kappa shape index (κ3) is 25.5. The van der Waals surface area contributed by atoms with Gasteiger partial charge in [0.05, 0.1) is 13.2 Å². The minimum Gasteiger partial charge on any atom is -0.480 e. The van der Waals surface area contributed by atoms with E-state index in [1.807, 2.05) is 0 Å². The Morgan fingerprint density at radius 2 is 1.07 bits per heavy atom. The molecule has 0 aromatic rings. The number of aliphatic hydroxyl groups is 1. The molecule has 0 aliphatic carbocycles. The number of aliphatic carboxylic acids is 1. The maximum absolute atomic E-state index is 12.5. The highest BCUT2D eigenvalue weighted by atomic mass is 16.5. The fourth-order valence-electron chi connectivity index (χ4n) is 4.95. The fraction of sp³-hybridized carbons (Fsp3) is 0.879. The number of nitrogens with one attached hydrogen (secondary N) is 2. The summed E-state index contributed by atoms with van der Waals surface area (Å²) >= 11 is 0. The first-order valence-electron chi connectivity index (χ1n) is 16.9. The molecule has 2 unspecified atom stereocenters. The van der Waals surface area contributed by atoms with E-state index < -0.39 is 24.5 Å². The topological polar surface area (TPSA) is 142 Å². The van der Waals surface area contributed by atoms with Crippen LogP contribution in [0.15, 0.2) is 0 Å². The maximum atomic E-state index is 12.5. The van der Waals surface area contributed by atoms with Crippen LogP contribution >= 0.6 is 0 Å². The van der Waals surface area contributed by atoms with E-state index in [0.717, 1.165) is 51.4 Å². The highest BCUT2D eigenvalue weighted by molar-refractivity contribution is 5.87. The van der Waals surface area contributed by atoms with Crippen LogP contribution in [0.2, 0.25) is 0 Å². The van der Waals surface area contributed by atoms with Crippen molar-refractivity contribution < 1.29 is 34.1 Å². The second-order valence-corrected chi connectivity index (χ2v) is 11.6. The number of carboxylic acids is 1. The van der Waals surface area contributed by atoms with Crippen LogP contribution in [0.25, 0.3) is 0 Å². The van der Waals surface area contributed by atoms with Crippen molar-refractivity contribution in [2.45, 2.75) is 174 Å². The van der Waals surface area contributed by atoms with Gasteiger partial charge in [0.25, 0.3) is 0 Å². The van der Waals surface area contributed by atoms with E-state index in [0.29, 0.717) is 12.8 Å². The molecule has 0 saturated carbocycles. The Bertz CT molecular complexity index is 702. The van der Waals surface area contributed by atoms with Gasteiger partial charge in [-0.2, -0.15) is 0 Å². The second kappa shape index (κ2) is 28.9. The van der Waals surface area contributed by atoms with Gasteiger partial charge in [0.15, 0.2) is 0 Å². The van der Waals surface area contributed by atoms with Crippen LogP contribution in [-0.4, -0.2) is 59.3 Å². The third-order valence-corrected chi connectivity index (χ3v) is 7.60. The Balaban J connectivity index is 4.14. The molecule has 0 aromatic heterocycles. The van der Waals surface area contributed by atoms with Gasteiger partial charge in [0, 0.05) is 12.8 Å². The molecule has 0 aromatic carbocycles. The molecule has 0 saturated heterocycles. The van der Waals surface area contributed by atoms with Crippen LogP contribution in [0.1, 0.15) is 162 Å². The summed E-state index contributed by atoms with van der Waals surface area (Å²) in [5.74, 6) is -2.33. The summed E-state index contributed by atoms with van der Waals surface area (Å²) in [5, 5.41) is 22.4. The van der Waals surface area contributed by atoms with Gasteiger partial charge in [-0.05, 0) is 38.5 Å².